The maximum Gasteiger partial charge on any atom is 0.239 e. The molecule has 1 aliphatic heterocycles. The molecule has 0 aromatic carbocycles. The van der Waals surface area contributed by atoms with Crippen LogP contribution in [0, 0.1) is 0 Å². The van der Waals surface area contributed by atoms with E-state index >= 15 is 0 Å². The average molecular weight is 290 g/mol. The van der Waals surface area contributed by atoms with Gasteiger partial charge in [0.05, 0.1) is 6.54 Å². The highest BCUT2D eigenvalue weighted by molar-refractivity contribution is 5.83. The molecule has 1 N–H and O–H groups in total. The molecule has 0 radical (unpaired) electrons. The number of pyridine rings is 1. The average Bonchev–Trinajstić information content (AvgIpc) is 2.99. The molecule has 2 rings (SSSR count). The number of hydrogen-bond acceptors (Lipinski definition) is 4. The van der Waals surface area contributed by atoms with E-state index in [-0.39, 0.29) is 18.4 Å². The number of hydrogen-bond donors (Lipinski definition) is 1. The predicted molar refractivity (Wildman–Crippen MR) is 80.8 cm³/mol. The highest BCUT2D eigenvalue weighted by atomic mass is 16.2. The largest absolute Gasteiger partial charge is 0.357 e. The van der Waals surface area contributed by atoms with Gasteiger partial charge in [-0.3, -0.25) is 9.59 Å². The molecule has 114 valence electrons. The summed E-state index contributed by atoms with van der Waals surface area (Å²) in [6, 6.07) is 3.98. The molecule has 1 saturated heterocycles. The van der Waals surface area contributed by atoms with E-state index < -0.39 is 0 Å². The summed E-state index contributed by atoms with van der Waals surface area (Å²) >= 11 is 0. The van der Waals surface area contributed by atoms with Crippen LogP contribution in [-0.4, -0.2) is 48.4 Å². The maximum absolute atomic E-state index is 11.7. The Labute approximate surface area is 125 Å². The summed E-state index contributed by atoms with van der Waals surface area (Å²) in [6.07, 6.45) is 4.24. The van der Waals surface area contributed by atoms with Crippen LogP contribution in [0.5, 0.6) is 0 Å². The lowest BCUT2D eigenvalue weighted by molar-refractivity contribution is -0.133. The van der Waals surface area contributed by atoms with E-state index in [1.165, 1.54) is 24.7 Å². The zero-order chi connectivity index (χ0) is 15.2. The smallest absolute Gasteiger partial charge is 0.239 e. The van der Waals surface area contributed by atoms with Crippen molar-refractivity contribution in [3.8, 4) is 0 Å². The van der Waals surface area contributed by atoms with E-state index in [9.17, 15) is 9.59 Å². The lowest BCUT2D eigenvalue weighted by atomic mass is 10.2. The van der Waals surface area contributed by atoms with Crippen LogP contribution >= 0.6 is 0 Å². The molecule has 21 heavy (non-hydrogen) atoms. The molecular weight excluding hydrogens is 268 g/mol. The molecule has 0 spiro atoms. The number of nitrogens with one attached hydrogen (secondary N) is 1. The fourth-order valence-electron chi connectivity index (χ4n) is 2.24. The zero-order valence-corrected chi connectivity index (χ0v) is 12.6. The first-order valence-corrected chi connectivity index (χ1v) is 7.24. The van der Waals surface area contributed by atoms with E-state index in [2.05, 4.69) is 15.2 Å². The van der Waals surface area contributed by atoms with Crippen LogP contribution < -0.4 is 10.2 Å². The number of carbonyl (C=O) groups excluding carboxylic acids is 2. The second kappa shape index (κ2) is 7.06. The van der Waals surface area contributed by atoms with Crippen LogP contribution in [0.4, 0.5) is 5.82 Å². The van der Waals surface area contributed by atoms with Gasteiger partial charge in [0, 0.05) is 39.8 Å². The van der Waals surface area contributed by atoms with Gasteiger partial charge in [-0.25, -0.2) is 4.98 Å². The summed E-state index contributed by atoms with van der Waals surface area (Å²) in [7, 11) is 1.61. The van der Waals surface area contributed by atoms with E-state index in [4.69, 9.17) is 0 Å². The van der Waals surface area contributed by atoms with E-state index in [0.29, 0.717) is 6.54 Å². The first kappa shape index (κ1) is 15.3. The second-order valence-corrected chi connectivity index (χ2v) is 5.37. The van der Waals surface area contributed by atoms with Gasteiger partial charge in [0.2, 0.25) is 11.8 Å². The Balaban J connectivity index is 1.80. The minimum absolute atomic E-state index is 0.0780. The van der Waals surface area contributed by atoms with E-state index in [0.717, 1.165) is 24.5 Å². The molecule has 2 heterocycles. The van der Waals surface area contributed by atoms with Gasteiger partial charge in [0.1, 0.15) is 5.82 Å². The van der Waals surface area contributed by atoms with Crippen molar-refractivity contribution in [3.63, 3.8) is 0 Å². The number of carbonyl (C=O) groups is 2. The molecule has 2 amide bonds. The third-order valence-electron chi connectivity index (χ3n) is 3.65. The summed E-state index contributed by atoms with van der Waals surface area (Å²) in [5.74, 6) is 0.706. The molecule has 0 atom stereocenters. The molecule has 1 aromatic rings. The van der Waals surface area contributed by atoms with Gasteiger partial charge in [-0.2, -0.15) is 0 Å². The number of rotatable bonds is 5. The minimum atomic E-state index is -0.170. The molecule has 6 heteroatoms. The van der Waals surface area contributed by atoms with Crippen molar-refractivity contribution in [1.29, 1.82) is 0 Å². The highest BCUT2D eigenvalue weighted by Crippen LogP contribution is 2.17. The monoisotopic (exact) mass is 290 g/mol. The Kier molecular flexibility index (Phi) is 5.14. The van der Waals surface area contributed by atoms with Crippen molar-refractivity contribution in [2.24, 2.45) is 0 Å². The summed E-state index contributed by atoms with van der Waals surface area (Å²) in [5.41, 5.74) is 0.955. The Morgan fingerprint density at radius 3 is 2.62 bits per heavy atom. The van der Waals surface area contributed by atoms with E-state index in [1.807, 2.05) is 12.1 Å². The zero-order valence-electron chi connectivity index (χ0n) is 12.6. The maximum atomic E-state index is 11.7. The second-order valence-electron chi connectivity index (χ2n) is 5.37. The molecular formula is C15H22N4O2. The first-order chi connectivity index (χ1) is 10.1. The van der Waals surface area contributed by atoms with Crippen LogP contribution in [0.15, 0.2) is 18.3 Å². The van der Waals surface area contributed by atoms with Crippen molar-refractivity contribution in [1.82, 2.24) is 15.2 Å². The molecule has 1 aromatic heterocycles. The summed E-state index contributed by atoms with van der Waals surface area (Å²) in [4.78, 5) is 30.8. The Hall–Kier alpha value is -2.11. The summed E-state index contributed by atoms with van der Waals surface area (Å²) in [6.45, 7) is 4.09. The topological polar surface area (TPSA) is 65.5 Å². The molecule has 1 aliphatic rings. The Bertz CT molecular complexity index is 495. The Morgan fingerprint density at radius 1 is 1.33 bits per heavy atom. The molecule has 1 fully saturated rings. The number of anilines is 1. The van der Waals surface area contributed by atoms with Crippen LogP contribution in [0.1, 0.15) is 25.3 Å². The third-order valence-corrected chi connectivity index (χ3v) is 3.65. The van der Waals surface area contributed by atoms with Gasteiger partial charge in [0.25, 0.3) is 0 Å². The van der Waals surface area contributed by atoms with Gasteiger partial charge in [-0.05, 0) is 24.5 Å². The normalized spacial score (nSPS) is 14.1. The van der Waals surface area contributed by atoms with Crippen LogP contribution in [0.25, 0.3) is 0 Å². The van der Waals surface area contributed by atoms with Gasteiger partial charge in [-0.15, -0.1) is 0 Å². The number of aromatic nitrogens is 1. The summed E-state index contributed by atoms with van der Waals surface area (Å²) in [5, 5.41) is 2.79. The van der Waals surface area contributed by atoms with E-state index in [1.54, 1.807) is 13.2 Å². The van der Waals surface area contributed by atoms with Crippen LogP contribution in [0.2, 0.25) is 0 Å². The number of amides is 2. The number of likely N-dealkylation sites (N-methyl/N-ethyl adjacent to an activating group) is 1. The van der Waals surface area contributed by atoms with Crippen LogP contribution in [0.3, 0.4) is 0 Å². The predicted octanol–water partition coefficient (Wildman–Crippen LogP) is 0.776. The number of nitrogens with zero attached hydrogens (tertiary/aromatic N) is 3. The molecule has 0 aliphatic carbocycles. The van der Waals surface area contributed by atoms with Gasteiger partial charge in [-0.1, -0.05) is 6.07 Å². The van der Waals surface area contributed by atoms with Gasteiger partial charge in [0.15, 0.2) is 0 Å². The van der Waals surface area contributed by atoms with Crippen molar-refractivity contribution in [3.05, 3.63) is 23.9 Å². The van der Waals surface area contributed by atoms with Crippen molar-refractivity contribution in [2.45, 2.75) is 26.3 Å². The SMILES string of the molecule is CC(=O)N(C)CC(=O)NCc1ccc(N2CCCC2)nc1. The third kappa shape index (κ3) is 4.44. The summed E-state index contributed by atoms with van der Waals surface area (Å²) < 4.78 is 0. The lowest BCUT2D eigenvalue weighted by Gasteiger charge is -2.16. The lowest BCUT2D eigenvalue weighted by Crippen LogP contribution is -2.37. The molecule has 0 saturated carbocycles. The standard InChI is InChI=1S/C15H22N4O2/c1-12(20)18(2)11-15(21)17-10-13-5-6-14(16-9-13)19-7-3-4-8-19/h5-6,9H,3-4,7-8,10-11H2,1-2H3,(H,17,21). The van der Waals surface area contributed by atoms with Gasteiger partial charge >= 0.3 is 0 Å². The van der Waals surface area contributed by atoms with Crippen molar-refractivity contribution < 1.29 is 9.59 Å². The fourth-order valence-corrected chi connectivity index (χ4v) is 2.24. The molecule has 6 nitrogen and oxygen atoms in total. The fraction of sp³-hybridized carbons (Fsp3) is 0.533. The van der Waals surface area contributed by atoms with Crippen LogP contribution in [-0.2, 0) is 16.1 Å². The van der Waals surface area contributed by atoms with Crippen molar-refractivity contribution >= 4 is 17.6 Å². The Morgan fingerprint density at radius 2 is 2.05 bits per heavy atom. The van der Waals surface area contributed by atoms with Crippen molar-refractivity contribution in [2.75, 3.05) is 31.6 Å². The molecule has 0 unspecified atom stereocenters. The first-order valence-electron chi connectivity index (χ1n) is 7.24. The molecule has 0 bridgehead atoms. The minimum Gasteiger partial charge on any atom is -0.357 e. The highest BCUT2D eigenvalue weighted by Gasteiger charge is 2.13. The quantitative estimate of drug-likeness (QED) is 0.870. The van der Waals surface area contributed by atoms with Gasteiger partial charge < -0.3 is 15.1 Å².